The molecular weight excluding hydrogens is 204 g/mol. The summed E-state index contributed by atoms with van der Waals surface area (Å²) in [5.74, 6) is 0. The van der Waals surface area contributed by atoms with Gasteiger partial charge < -0.3 is 4.55 Å². The van der Waals surface area contributed by atoms with Crippen LogP contribution in [0.5, 0.6) is 0 Å². The van der Waals surface area contributed by atoms with Crippen molar-refractivity contribution in [3.8, 4) is 0 Å². The maximum atomic E-state index is 10.5. The third kappa shape index (κ3) is 2.06. The Morgan fingerprint density at radius 3 is 1.40 bits per heavy atom. The van der Waals surface area contributed by atoms with Crippen LogP contribution in [0, 0.1) is 0 Å². The Hall–Kier alpha value is -1.25. The van der Waals surface area contributed by atoms with Gasteiger partial charge in [0.1, 0.15) is 0 Å². The van der Waals surface area contributed by atoms with Gasteiger partial charge >= 0.3 is 0 Å². The van der Waals surface area contributed by atoms with Crippen LogP contribution < -0.4 is 0 Å². The fourth-order valence-electron chi connectivity index (χ4n) is 1.51. The van der Waals surface area contributed by atoms with E-state index in [-0.39, 0.29) is 0 Å². The molecule has 0 saturated heterocycles. The quantitative estimate of drug-likeness (QED) is 0.807. The summed E-state index contributed by atoms with van der Waals surface area (Å²) in [6, 6.07) is 19.7. The van der Waals surface area contributed by atoms with E-state index in [4.69, 9.17) is 0 Å². The molecule has 0 aromatic heterocycles. The molecule has 2 aromatic rings. The standard InChI is InChI=1S/C13H14OS/c1-15(14,12-8-4-2-5-9-12)13-10-6-3-7-11-13/h2-11,14H,1H3. The van der Waals surface area contributed by atoms with Crippen LogP contribution in [-0.4, -0.2) is 10.8 Å². The normalized spacial score (nSPS) is 12.4. The van der Waals surface area contributed by atoms with Crippen LogP contribution in [0.25, 0.3) is 0 Å². The maximum absolute atomic E-state index is 10.5. The van der Waals surface area contributed by atoms with Crippen molar-refractivity contribution in [2.24, 2.45) is 0 Å². The summed E-state index contributed by atoms with van der Waals surface area (Å²) >= 11 is 0. The Morgan fingerprint density at radius 2 is 1.07 bits per heavy atom. The topological polar surface area (TPSA) is 20.2 Å². The van der Waals surface area contributed by atoms with Gasteiger partial charge in [-0.15, -0.1) is 0 Å². The first-order valence-corrected chi connectivity index (χ1v) is 6.82. The first-order valence-electron chi connectivity index (χ1n) is 4.82. The minimum atomic E-state index is -1.84. The Labute approximate surface area is 91.9 Å². The first kappa shape index (κ1) is 10.3. The van der Waals surface area contributed by atoms with Crippen LogP contribution >= 0.6 is 10.3 Å². The van der Waals surface area contributed by atoms with Gasteiger partial charge in [0.05, 0.1) is 0 Å². The molecule has 0 aliphatic rings. The van der Waals surface area contributed by atoms with E-state index in [1.807, 2.05) is 66.9 Å². The summed E-state index contributed by atoms with van der Waals surface area (Å²) < 4.78 is 10.5. The molecule has 2 rings (SSSR count). The molecule has 0 saturated carbocycles. The highest BCUT2D eigenvalue weighted by molar-refractivity contribution is 8.28. The summed E-state index contributed by atoms with van der Waals surface area (Å²) in [7, 11) is -1.84. The van der Waals surface area contributed by atoms with E-state index < -0.39 is 10.3 Å². The number of hydrogen-bond donors (Lipinski definition) is 1. The zero-order chi connectivity index (χ0) is 10.7. The number of hydrogen-bond acceptors (Lipinski definition) is 1. The van der Waals surface area contributed by atoms with E-state index in [9.17, 15) is 4.55 Å². The van der Waals surface area contributed by atoms with Crippen molar-refractivity contribution in [1.82, 2.24) is 0 Å². The SMILES string of the molecule is CS(O)(c1ccccc1)c1ccccc1. The van der Waals surface area contributed by atoms with E-state index in [0.29, 0.717) is 0 Å². The zero-order valence-electron chi connectivity index (χ0n) is 8.63. The van der Waals surface area contributed by atoms with Crippen molar-refractivity contribution in [2.45, 2.75) is 9.79 Å². The van der Waals surface area contributed by atoms with Crippen LogP contribution in [0.2, 0.25) is 0 Å². The lowest BCUT2D eigenvalue weighted by molar-refractivity contribution is 0.630. The maximum Gasteiger partial charge on any atom is 0.0166 e. The van der Waals surface area contributed by atoms with E-state index in [1.165, 1.54) is 0 Å². The largest absolute Gasteiger partial charge is 0.343 e. The van der Waals surface area contributed by atoms with Crippen LogP contribution in [0.1, 0.15) is 0 Å². The molecule has 15 heavy (non-hydrogen) atoms. The van der Waals surface area contributed by atoms with Gasteiger partial charge in [0.2, 0.25) is 0 Å². The zero-order valence-corrected chi connectivity index (χ0v) is 9.45. The second kappa shape index (κ2) is 4.09. The molecule has 0 bridgehead atoms. The van der Waals surface area contributed by atoms with Gasteiger partial charge in [0, 0.05) is 9.79 Å². The minimum Gasteiger partial charge on any atom is -0.343 e. The van der Waals surface area contributed by atoms with Crippen LogP contribution in [0.4, 0.5) is 0 Å². The lowest BCUT2D eigenvalue weighted by atomic mass is 10.4. The smallest absolute Gasteiger partial charge is 0.0166 e. The first-order chi connectivity index (χ1) is 7.21. The van der Waals surface area contributed by atoms with Gasteiger partial charge in [-0.05, 0) is 30.5 Å². The predicted octanol–water partition coefficient (Wildman–Crippen LogP) is 4.01. The molecule has 2 heteroatoms. The van der Waals surface area contributed by atoms with Crippen molar-refractivity contribution >= 4 is 10.3 Å². The molecule has 78 valence electrons. The molecular formula is C13H14OS. The molecule has 1 N–H and O–H groups in total. The number of benzene rings is 2. The van der Waals surface area contributed by atoms with E-state index in [2.05, 4.69) is 0 Å². The third-order valence-corrected chi connectivity index (χ3v) is 4.78. The Balaban J connectivity index is 2.44. The molecule has 1 nitrogen and oxygen atoms in total. The van der Waals surface area contributed by atoms with Crippen molar-refractivity contribution in [3.05, 3.63) is 60.7 Å². The average molecular weight is 218 g/mol. The lowest BCUT2D eigenvalue weighted by Crippen LogP contribution is -1.97. The highest BCUT2D eigenvalue weighted by Gasteiger charge is 2.18. The van der Waals surface area contributed by atoms with Crippen LogP contribution in [0.3, 0.4) is 0 Å². The summed E-state index contributed by atoms with van der Waals surface area (Å²) in [6.45, 7) is 0. The molecule has 0 amide bonds. The highest BCUT2D eigenvalue weighted by atomic mass is 32.3. The lowest BCUT2D eigenvalue weighted by Gasteiger charge is -2.29. The monoisotopic (exact) mass is 218 g/mol. The van der Waals surface area contributed by atoms with Gasteiger partial charge in [-0.25, -0.2) is 0 Å². The summed E-state index contributed by atoms with van der Waals surface area (Å²) in [5, 5.41) is 0. The molecule has 0 heterocycles. The third-order valence-electron chi connectivity index (χ3n) is 2.40. The van der Waals surface area contributed by atoms with Crippen molar-refractivity contribution in [1.29, 1.82) is 0 Å². The molecule has 2 aromatic carbocycles. The summed E-state index contributed by atoms with van der Waals surface area (Å²) in [4.78, 5) is 1.99. The molecule has 0 spiro atoms. The molecule has 0 aliphatic carbocycles. The molecule has 0 unspecified atom stereocenters. The van der Waals surface area contributed by atoms with E-state index >= 15 is 0 Å². The van der Waals surface area contributed by atoms with Gasteiger partial charge in [0.25, 0.3) is 0 Å². The van der Waals surface area contributed by atoms with Crippen molar-refractivity contribution in [3.63, 3.8) is 0 Å². The fourth-order valence-corrected chi connectivity index (χ4v) is 3.15. The molecule has 0 fully saturated rings. The minimum absolute atomic E-state index is 0.996. The Kier molecular flexibility index (Phi) is 2.80. The van der Waals surface area contributed by atoms with Gasteiger partial charge in [-0.1, -0.05) is 46.7 Å². The number of rotatable bonds is 2. The predicted molar refractivity (Wildman–Crippen MR) is 65.6 cm³/mol. The van der Waals surface area contributed by atoms with E-state index in [1.54, 1.807) is 0 Å². The van der Waals surface area contributed by atoms with Gasteiger partial charge in [-0.3, -0.25) is 0 Å². The van der Waals surface area contributed by atoms with Gasteiger partial charge in [-0.2, -0.15) is 0 Å². The molecule has 0 atom stereocenters. The van der Waals surface area contributed by atoms with Crippen LogP contribution in [-0.2, 0) is 0 Å². The highest BCUT2D eigenvalue weighted by Crippen LogP contribution is 2.55. The summed E-state index contributed by atoms with van der Waals surface area (Å²) in [6.07, 6.45) is 1.90. The fraction of sp³-hybridized carbons (Fsp3) is 0.0769. The summed E-state index contributed by atoms with van der Waals surface area (Å²) in [5.41, 5.74) is 0. The van der Waals surface area contributed by atoms with Crippen LogP contribution in [0.15, 0.2) is 70.5 Å². The molecule has 0 radical (unpaired) electrons. The van der Waals surface area contributed by atoms with Crippen molar-refractivity contribution < 1.29 is 4.55 Å². The second-order valence-corrected chi connectivity index (χ2v) is 6.20. The Bertz CT molecular complexity index is 381. The molecule has 0 aliphatic heterocycles. The van der Waals surface area contributed by atoms with Crippen molar-refractivity contribution in [2.75, 3.05) is 6.26 Å². The van der Waals surface area contributed by atoms with E-state index in [0.717, 1.165) is 9.79 Å². The Morgan fingerprint density at radius 1 is 0.733 bits per heavy atom. The second-order valence-electron chi connectivity index (χ2n) is 3.50. The van der Waals surface area contributed by atoms with Gasteiger partial charge in [0.15, 0.2) is 0 Å². The average Bonchev–Trinajstić information content (AvgIpc) is 2.31.